The molecule has 1 amide bonds. The van der Waals surface area contributed by atoms with Gasteiger partial charge in [0, 0.05) is 49.8 Å². The summed E-state index contributed by atoms with van der Waals surface area (Å²) >= 11 is 0. The lowest BCUT2D eigenvalue weighted by atomic mass is 9.78. The molecular weight excluding hydrogens is 382 g/mol. The molecule has 2 saturated heterocycles. The van der Waals surface area contributed by atoms with Gasteiger partial charge < -0.3 is 14.1 Å². The lowest BCUT2D eigenvalue weighted by molar-refractivity contribution is -0.150. The monoisotopic (exact) mass is 411 g/mol. The zero-order valence-corrected chi connectivity index (χ0v) is 17.6. The molecule has 7 heteroatoms. The molecule has 0 N–H and O–H groups in total. The highest BCUT2D eigenvalue weighted by molar-refractivity contribution is 5.81. The lowest BCUT2D eigenvalue weighted by Crippen LogP contribution is -2.56. The fraction of sp³-hybridized carbons (Fsp3) is 0.565. The summed E-state index contributed by atoms with van der Waals surface area (Å²) in [6.45, 7) is 7.52. The summed E-state index contributed by atoms with van der Waals surface area (Å²) in [7, 11) is 0. The predicted octanol–water partition coefficient (Wildman–Crippen LogP) is 2.24. The van der Waals surface area contributed by atoms with Gasteiger partial charge in [0.15, 0.2) is 0 Å². The van der Waals surface area contributed by atoms with Crippen LogP contribution in [0.2, 0.25) is 0 Å². The number of piperidine rings is 1. The molecule has 5 atom stereocenters. The van der Waals surface area contributed by atoms with Gasteiger partial charge in [-0.25, -0.2) is 0 Å². The Bertz CT molecular complexity index is 959. The maximum absolute atomic E-state index is 13.8. The fourth-order valence-corrected chi connectivity index (χ4v) is 5.64. The van der Waals surface area contributed by atoms with Gasteiger partial charge in [0.2, 0.25) is 5.91 Å². The van der Waals surface area contributed by atoms with Crippen LogP contribution in [0.5, 0.6) is 0 Å². The number of aromatic nitrogens is 1. The number of rotatable bonds is 3. The molecule has 2 fully saturated rings. The van der Waals surface area contributed by atoms with E-state index in [1.807, 2.05) is 43.0 Å². The Labute approximate surface area is 176 Å². The molecule has 0 unspecified atom stereocenters. The van der Waals surface area contributed by atoms with E-state index in [-0.39, 0.29) is 35.5 Å². The Morgan fingerprint density at radius 1 is 1.07 bits per heavy atom. The third-order valence-corrected chi connectivity index (χ3v) is 6.67. The Morgan fingerprint density at radius 2 is 1.87 bits per heavy atom. The Morgan fingerprint density at radius 3 is 2.60 bits per heavy atom. The van der Waals surface area contributed by atoms with Gasteiger partial charge in [-0.05, 0) is 38.5 Å². The number of pyridine rings is 1. The number of hydrogen-bond donors (Lipinski definition) is 0. The third-order valence-electron chi connectivity index (χ3n) is 6.67. The minimum Gasteiger partial charge on any atom is -0.468 e. The van der Waals surface area contributed by atoms with Gasteiger partial charge in [-0.15, -0.1) is 0 Å². The molecule has 5 rings (SSSR count). The molecule has 0 radical (unpaired) electrons. The van der Waals surface area contributed by atoms with Crippen LogP contribution in [-0.4, -0.2) is 58.7 Å². The second kappa shape index (κ2) is 7.71. The average molecular weight is 412 g/mol. The van der Waals surface area contributed by atoms with Gasteiger partial charge in [0.05, 0.1) is 25.0 Å². The van der Waals surface area contributed by atoms with Crippen LogP contribution in [0.25, 0.3) is 0 Å². The molecular formula is C23H29N3O4. The van der Waals surface area contributed by atoms with E-state index in [9.17, 15) is 9.59 Å². The number of fused-ring (bicyclic) bond motifs is 4. The summed E-state index contributed by atoms with van der Waals surface area (Å²) in [6.07, 6.45) is 2.64. The van der Waals surface area contributed by atoms with Gasteiger partial charge in [-0.2, -0.15) is 0 Å². The largest absolute Gasteiger partial charge is 0.468 e. The zero-order valence-electron chi connectivity index (χ0n) is 17.6. The molecule has 2 aromatic heterocycles. The molecule has 3 aliphatic heterocycles. The molecule has 0 saturated carbocycles. The van der Waals surface area contributed by atoms with E-state index in [1.165, 1.54) is 0 Å². The first-order chi connectivity index (χ1) is 14.5. The van der Waals surface area contributed by atoms with E-state index in [0.717, 1.165) is 37.5 Å². The van der Waals surface area contributed by atoms with Crippen molar-refractivity contribution in [2.45, 2.75) is 51.0 Å². The van der Waals surface area contributed by atoms with E-state index >= 15 is 0 Å². The maximum Gasteiger partial charge on any atom is 0.251 e. The molecule has 0 aliphatic carbocycles. The maximum atomic E-state index is 13.8. The minimum absolute atomic E-state index is 0.00260. The van der Waals surface area contributed by atoms with Crippen LogP contribution in [0.1, 0.15) is 43.7 Å². The first kappa shape index (κ1) is 19.6. The number of morpholine rings is 1. The highest BCUT2D eigenvalue weighted by atomic mass is 16.5. The second-order valence-corrected chi connectivity index (χ2v) is 9.07. The minimum atomic E-state index is -0.457. The Kier molecular flexibility index (Phi) is 5.03. The molecule has 0 aromatic carbocycles. The van der Waals surface area contributed by atoms with Gasteiger partial charge in [0.1, 0.15) is 11.8 Å². The van der Waals surface area contributed by atoms with Gasteiger partial charge >= 0.3 is 0 Å². The predicted molar refractivity (Wildman–Crippen MR) is 111 cm³/mol. The number of furan rings is 1. The van der Waals surface area contributed by atoms with Crippen molar-refractivity contribution in [3.63, 3.8) is 0 Å². The molecule has 2 bridgehead atoms. The normalized spacial score (nSPS) is 31.4. The third kappa shape index (κ3) is 3.50. The van der Waals surface area contributed by atoms with E-state index < -0.39 is 6.04 Å². The molecule has 0 spiro atoms. The van der Waals surface area contributed by atoms with E-state index in [4.69, 9.17) is 9.15 Å². The highest BCUT2D eigenvalue weighted by Gasteiger charge is 2.45. The van der Waals surface area contributed by atoms with Crippen molar-refractivity contribution in [3.8, 4) is 0 Å². The van der Waals surface area contributed by atoms with Crippen LogP contribution >= 0.6 is 0 Å². The standard InChI is InChI=1S/C23H29N3O4/c1-15-10-25(11-16(2)30-15)23(28)22-18-9-17(20-6-3-7-21(27)26(20)22)12-24(13-18)14-19-5-4-8-29-19/h3-8,15-18,22H,9-14H2,1-2H3/t15-,16+,17-,18+,22-/m1/s1. The van der Waals surface area contributed by atoms with Gasteiger partial charge in [-0.3, -0.25) is 19.1 Å². The van der Waals surface area contributed by atoms with Crippen LogP contribution in [-0.2, 0) is 16.1 Å². The summed E-state index contributed by atoms with van der Waals surface area (Å²) in [5.74, 6) is 1.33. The number of carbonyl (C=O) groups is 1. The van der Waals surface area contributed by atoms with Crippen LogP contribution in [0, 0.1) is 5.92 Å². The number of hydrogen-bond acceptors (Lipinski definition) is 5. The molecule has 30 heavy (non-hydrogen) atoms. The SMILES string of the molecule is C[C@@H]1CN(C(=O)[C@H]2[C@H]3C[C@H](CN(Cc4ccco4)C3)c3cccc(=O)n32)C[C@H](C)O1. The topological polar surface area (TPSA) is 67.9 Å². The Hall–Kier alpha value is -2.38. The molecule has 7 nitrogen and oxygen atoms in total. The van der Waals surface area contributed by atoms with Crippen LogP contribution in [0.4, 0.5) is 0 Å². The lowest BCUT2D eigenvalue weighted by Gasteiger charge is -2.48. The number of nitrogens with zero attached hydrogens (tertiary/aromatic N) is 3. The molecule has 3 aliphatic rings. The number of ether oxygens (including phenoxy) is 1. The van der Waals surface area contributed by atoms with Crippen molar-refractivity contribution in [2.75, 3.05) is 26.2 Å². The second-order valence-electron chi connectivity index (χ2n) is 9.07. The van der Waals surface area contributed by atoms with Crippen LogP contribution < -0.4 is 5.56 Å². The smallest absolute Gasteiger partial charge is 0.251 e. The summed E-state index contributed by atoms with van der Waals surface area (Å²) in [5, 5.41) is 0. The Balaban J connectivity index is 1.48. The number of amides is 1. The highest BCUT2D eigenvalue weighted by Crippen LogP contribution is 2.42. The van der Waals surface area contributed by atoms with Crippen molar-refractivity contribution < 1.29 is 13.9 Å². The van der Waals surface area contributed by atoms with Gasteiger partial charge in [0.25, 0.3) is 5.56 Å². The average Bonchev–Trinajstić information content (AvgIpc) is 3.21. The number of carbonyl (C=O) groups excluding carboxylic acids is 1. The van der Waals surface area contributed by atoms with Crippen molar-refractivity contribution >= 4 is 5.91 Å². The fourth-order valence-electron chi connectivity index (χ4n) is 5.64. The first-order valence-corrected chi connectivity index (χ1v) is 10.9. The molecule has 160 valence electrons. The zero-order chi connectivity index (χ0) is 20.8. The summed E-state index contributed by atoms with van der Waals surface area (Å²) in [4.78, 5) is 30.9. The van der Waals surface area contributed by atoms with E-state index in [0.29, 0.717) is 13.1 Å². The van der Waals surface area contributed by atoms with Crippen molar-refractivity contribution in [1.82, 2.24) is 14.4 Å². The molecule has 5 heterocycles. The first-order valence-electron chi connectivity index (χ1n) is 10.9. The van der Waals surface area contributed by atoms with Crippen LogP contribution in [0.3, 0.4) is 0 Å². The molecule has 2 aromatic rings. The van der Waals surface area contributed by atoms with Crippen molar-refractivity contribution in [3.05, 3.63) is 58.4 Å². The van der Waals surface area contributed by atoms with Crippen LogP contribution in [0.15, 0.2) is 45.8 Å². The summed E-state index contributed by atoms with van der Waals surface area (Å²) < 4.78 is 13.2. The summed E-state index contributed by atoms with van der Waals surface area (Å²) in [5.41, 5.74) is 0.907. The van der Waals surface area contributed by atoms with Gasteiger partial charge in [-0.1, -0.05) is 6.07 Å². The quantitative estimate of drug-likeness (QED) is 0.775. The number of likely N-dealkylation sites (tertiary alicyclic amines) is 1. The van der Waals surface area contributed by atoms with E-state index in [2.05, 4.69) is 4.90 Å². The van der Waals surface area contributed by atoms with E-state index in [1.54, 1.807) is 16.9 Å². The summed E-state index contributed by atoms with van der Waals surface area (Å²) in [6, 6.07) is 8.85. The van der Waals surface area contributed by atoms with Crippen molar-refractivity contribution in [1.29, 1.82) is 0 Å². The van der Waals surface area contributed by atoms with Crippen molar-refractivity contribution in [2.24, 2.45) is 5.92 Å².